The second kappa shape index (κ2) is 5.56. The molecule has 0 fully saturated rings. The Morgan fingerprint density at radius 2 is 2.39 bits per heavy atom. The summed E-state index contributed by atoms with van der Waals surface area (Å²) >= 11 is 6.18. The lowest BCUT2D eigenvalue weighted by Gasteiger charge is -2.23. The summed E-state index contributed by atoms with van der Waals surface area (Å²) in [5, 5.41) is 4.85. The predicted molar refractivity (Wildman–Crippen MR) is 86.4 cm³/mol. The van der Waals surface area contributed by atoms with E-state index in [1.54, 1.807) is 16.2 Å². The molecule has 0 spiro atoms. The van der Waals surface area contributed by atoms with Crippen LogP contribution in [0, 0.1) is 9.81 Å². The number of rotatable bonds is 3. The summed E-state index contributed by atoms with van der Waals surface area (Å²) in [7, 11) is 0. The van der Waals surface area contributed by atoms with E-state index in [9.17, 15) is 0 Å². The molecule has 1 N–H and O–H groups in total. The number of fused-ring (bicyclic) bond motifs is 1. The minimum atomic E-state index is 0.538. The van der Waals surface area contributed by atoms with Gasteiger partial charge in [0.15, 0.2) is 0 Å². The third kappa shape index (κ3) is 2.79. The first kappa shape index (κ1) is 13.0. The SMILES string of the molecule is Cc1ncc(CNC2CCCc3sc(I)cc32)s1. The van der Waals surface area contributed by atoms with Gasteiger partial charge in [0.25, 0.3) is 0 Å². The lowest BCUT2D eigenvalue weighted by atomic mass is 9.94. The van der Waals surface area contributed by atoms with Crippen LogP contribution < -0.4 is 5.32 Å². The number of nitrogens with zero attached hydrogens (tertiary/aromatic N) is 1. The monoisotopic (exact) mass is 390 g/mol. The summed E-state index contributed by atoms with van der Waals surface area (Å²) in [5.74, 6) is 0. The van der Waals surface area contributed by atoms with Crippen LogP contribution in [0.3, 0.4) is 0 Å². The molecule has 96 valence electrons. The van der Waals surface area contributed by atoms with Crippen LogP contribution in [0.2, 0.25) is 0 Å². The number of thiazole rings is 1. The van der Waals surface area contributed by atoms with Gasteiger partial charge in [0.1, 0.15) is 0 Å². The van der Waals surface area contributed by atoms with Crippen molar-refractivity contribution in [2.75, 3.05) is 0 Å². The molecule has 1 atom stereocenters. The van der Waals surface area contributed by atoms with Gasteiger partial charge in [0.05, 0.1) is 7.89 Å². The Labute approximate surface area is 129 Å². The van der Waals surface area contributed by atoms with Crippen molar-refractivity contribution in [2.24, 2.45) is 0 Å². The topological polar surface area (TPSA) is 24.9 Å². The molecule has 0 saturated carbocycles. The zero-order valence-electron chi connectivity index (χ0n) is 10.2. The van der Waals surface area contributed by atoms with Crippen LogP contribution in [-0.2, 0) is 13.0 Å². The molecule has 0 aliphatic heterocycles. The number of aryl methyl sites for hydroxylation is 2. The maximum Gasteiger partial charge on any atom is 0.0897 e. The van der Waals surface area contributed by atoms with E-state index in [1.807, 2.05) is 17.5 Å². The van der Waals surface area contributed by atoms with Gasteiger partial charge in [-0.05, 0) is 60.4 Å². The second-order valence-corrected chi connectivity index (χ2v) is 8.95. The van der Waals surface area contributed by atoms with E-state index in [1.165, 1.54) is 32.6 Å². The van der Waals surface area contributed by atoms with E-state index in [0.717, 1.165) is 11.6 Å². The van der Waals surface area contributed by atoms with Crippen molar-refractivity contribution >= 4 is 45.3 Å². The highest BCUT2D eigenvalue weighted by Gasteiger charge is 2.22. The summed E-state index contributed by atoms with van der Waals surface area (Å²) in [6, 6.07) is 2.89. The maximum absolute atomic E-state index is 4.31. The van der Waals surface area contributed by atoms with Crippen molar-refractivity contribution in [3.63, 3.8) is 0 Å². The van der Waals surface area contributed by atoms with Crippen LogP contribution in [0.25, 0.3) is 0 Å². The Morgan fingerprint density at radius 1 is 1.50 bits per heavy atom. The molecule has 2 nitrogen and oxygen atoms in total. The molecule has 1 unspecified atom stereocenters. The van der Waals surface area contributed by atoms with Crippen molar-refractivity contribution in [2.45, 2.75) is 38.8 Å². The van der Waals surface area contributed by atoms with Crippen molar-refractivity contribution in [3.05, 3.63) is 35.5 Å². The molecule has 1 aliphatic carbocycles. The normalized spacial score (nSPS) is 18.9. The quantitative estimate of drug-likeness (QED) is 0.792. The van der Waals surface area contributed by atoms with Crippen molar-refractivity contribution in [3.8, 4) is 0 Å². The smallest absolute Gasteiger partial charge is 0.0897 e. The number of hydrogen-bond donors (Lipinski definition) is 1. The van der Waals surface area contributed by atoms with Gasteiger partial charge >= 0.3 is 0 Å². The molecule has 0 amide bonds. The molecule has 2 aromatic rings. The molecule has 1 aliphatic rings. The van der Waals surface area contributed by atoms with Gasteiger partial charge in [0.2, 0.25) is 0 Å². The fourth-order valence-electron chi connectivity index (χ4n) is 2.44. The Balaban J connectivity index is 1.70. The third-order valence-electron chi connectivity index (χ3n) is 3.28. The van der Waals surface area contributed by atoms with E-state index < -0.39 is 0 Å². The first-order valence-electron chi connectivity index (χ1n) is 6.15. The van der Waals surface area contributed by atoms with Crippen LogP contribution in [0.4, 0.5) is 0 Å². The van der Waals surface area contributed by atoms with Crippen LogP contribution in [-0.4, -0.2) is 4.98 Å². The van der Waals surface area contributed by atoms with Crippen LogP contribution in [0.15, 0.2) is 12.3 Å². The van der Waals surface area contributed by atoms with Gasteiger partial charge in [-0.3, -0.25) is 0 Å². The van der Waals surface area contributed by atoms with Crippen molar-refractivity contribution < 1.29 is 0 Å². The number of nitrogens with one attached hydrogen (secondary N) is 1. The van der Waals surface area contributed by atoms with Crippen molar-refractivity contribution in [1.29, 1.82) is 0 Å². The van der Waals surface area contributed by atoms with Gasteiger partial charge in [-0.2, -0.15) is 0 Å². The Hall–Kier alpha value is 0.0200. The third-order valence-corrected chi connectivity index (χ3v) is 6.16. The molecule has 0 bridgehead atoms. The first-order valence-corrected chi connectivity index (χ1v) is 8.86. The van der Waals surface area contributed by atoms with Crippen LogP contribution >= 0.6 is 45.3 Å². The molecule has 0 saturated heterocycles. The molecule has 18 heavy (non-hydrogen) atoms. The summed E-state index contributed by atoms with van der Waals surface area (Å²) in [6.07, 6.45) is 5.83. The Bertz CT molecular complexity index is 547. The largest absolute Gasteiger partial charge is 0.305 e. The summed E-state index contributed by atoms with van der Waals surface area (Å²) < 4.78 is 1.42. The molecule has 3 rings (SSSR count). The summed E-state index contributed by atoms with van der Waals surface area (Å²) in [6.45, 7) is 3.01. The minimum absolute atomic E-state index is 0.538. The number of aromatic nitrogens is 1. The highest BCUT2D eigenvalue weighted by molar-refractivity contribution is 14.1. The average molecular weight is 390 g/mol. The van der Waals surface area contributed by atoms with E-state index in [-0.39, 0.29) is 0 Å². The van der Waals surface area contributed by atoms with E-state index in [2.05, 4.69) is 45.9 Å². The molecule has 5 heteroatoms. The molecule has 0 radical (unpaired) electrons. The average Bonchev–Trinajstić information content (AvgIpc) is 2.91. The number of halogens is 1. The van der Waals surface area contributed by atoms with E-state index >= 15 is 0 Å². The molecule has 0 aromatic carbocycles. The molecular weight excluding hydrogens is 375 g/mol. The van der Waals surface area contributed by atoms with Gasteiger partial charge < -0.3 is 5.32 Å². The zero-order valence-corrected chi connectivity index (χ0v) is 14.0. The maximum atomic E-state index is 4.31. The van der Waals surface area contributed by atoms with Gasteiger partial charge in [-0.15, -0.1) is 22.7 Å². The fourth-order valence-corrected chi connectivity index (χ4v) is 5.31. The highest BCUT2D eigenvalue weighted by Crippen LogP contribution is 2.36. The number of hydrogen-bond acceptors (Lipinski definition) is 4. The van der Waals surface area contributed by atoms with E-state index in [0.29, 0.717) is 6.04 Å². The standard InChI is InChI=1S/C13H15IN2S2/c1-8-15-6-9(17-8)7-16-11-3-2-4-12-10(11)5-13(14)18-12/h5-6,11,16H,2-4,7H2,1H3. The number of thiophene rings is 1. The Morgan fingerprint density at radius 3 is 3.17 bits per heavy atom. The molecule has 2 heterocycles. The van der Waals surface area contributed by atoms with Gasteiger partial charge in [-0.1, -0.05) is 0 Å². The van der Waals surface area contributed by atoms with Gasteiger partial charge in [-0.25, -0.2) is 4.98 Å². The second-order valence-electron chi connectivity index (χ2n) is 4.60. The van der Waals surface area contributed by atoms with E-state index in [4.69, 9.17) is 0 Å². The highest BCUT2D eigenvalue weighted by atomic mass is 127. The van der Waals surface area contributed by atoms with Crippen molar-refractivity contribution in [1.82, 2.24) is 10.3 Å². The minimum Gasteiger partial charge on any atom is -0.305 e. The fraction of sp³-hybridized carbons (Fsp3) is 0.462. The summed E-state index contributed by atoms with van der Waals surface area (Å²) in [5.41, 5.74) is 1.54. The summed E-state index contributed by atoms with van der Waals surface area (Å²) in [4.78, 5) is 7.23. The van der Waals surface area contributed by atoms with Crippen LogP contribution in [0.5, 0.6) is 0 Å². The molecular formula is C13H15IN2S2. The predicted octanol–water partition coefficient (Wildman–Crippen LogP) is 4.28. The molecule has 2 aromatic heterocycles. The van der Waals surface area contributed by atoms with Crippen LogP contribution in [0.1, 0.15) is 39.2 Å². The Kier molecular flexibility index (Phi) is 4.03. The van der Waals surface area contributed by atoms with Gasteiger partial charge in [0, 0.05) is 28.5 Å². The lowest BCUT2D eigenvalue weighted by molar-refractivity contribution is 0.465. The first-order chi connectivity index (χ1) is 8.72. The lowest BCUT2D eigenvalue weighted by Crippen LogP contribution is -2.23. The zero-order chi connectivity index (χ0) is 12.5.